The average molecular weight is 221 g/mol. The number of carbonyl (C=O) groups is 1. The molecule has 1 atom stereocenters. The van der Waals surface area contributed by atoms with Crippen LogP contribution in [0.1, 0.15) is 11.6 Å². The van der Waals surface area contributed by atoms with Crippen molar-refractivity contribution < 1.29 is 14.6 Å². The minimum atomic E-state index is -0.823. The van der Waals surface area contributed by atoms with Gasteiger partial charge in [0.15, 0.2) is 0 Å². The summed E-state index contributed by atoms with van der Waals surface area (Å²) in [5, 5.41) is 12.4. The van der Waals surface area contributed by atoms with Crippen LogP contribution in [0.2, 0.25) is 0 Å². The summed E-state index contributed by atoms with van der Waals surface area (Å²) in [6.07, 6.45) is 0. The highest BCUT2D eigenvalue weighted by atomic mass is 16.5. The first kappa shape index (κ1) is 11.1. The minimum absolute atomic E-state index is 0.208. The number of nitrogens with one attached hydrogen (secondary N) is 1. The number of ether oxygens (including phenoxy) is 1. The molecule has 0 amide bonds. The highest BCUT2D eigenvalue weighted by Gasteiger charge is 2.52. The third-order valence-corrected chi connectivity index (χ3v) is 3.12. The third kappa shape index (κ3) is 1.60. The molecule has 2 rings (SSSR count). The Bertz CT molecular complexity index is 373. The number of carboxylic acid groups (broad SMARTS) is 1. The molecule has 1 saturated heterocycles. The molecule has 0 bridgehead atoms. The van der Waals surface area contributed by atoms with E-state index in [2.05, 4.69) is 5.32 Å². The molecule has 4 heteroatoms. The Morgan fingerprint density at radius 3 is 2.44 bits per heavy atom. The largest absolute Gasteiger partial charge is 0.481 e. The molecule has 2 N–H and O–H groups in total. The molecule has 1 unspecified atom stereocenters. The van der Waals surface area contributed by atoms with Crippen LogP contribution < -0.4 is 5.32 Å². The summed E-state index contributed by atoms with van der Waals surface area (Å²) in [5.74, 6) is -0.804. The zero-order valence-corrected chi connectivity index (χ0v) is 9.14. The second-order valence-corrected chi connectivity index (χ2v) is 4.09. The Balaban J connectivity index is 2.32. The van der Waals surface area contributed by atoms with Gasteiger partial charge in [-0.15, -0.1) is 0 Å². The van der Waals surface area contributed by atoms with E-state index in [1.165, 1.54) is 0 Å². The van der Waals surface area contributed by atoms with Crippen LogP contribution >= 0.6 is 0 Å². The molecule has 86 valence electrons. The second kappa shape index (κ2) is 4.23. The summed E-state index contributed by atoms with van der Waals surface area (Å²) in [6, 6.07) is 9.40. The number of hydrogen-bond acceptors (Lipinski definition) is 3. The van der Waals surface area contributed by atoms with Crippen LogP contribution in [0, 0.1) is 5.41 Å². The van der Waals surface area contributed by atoms with Gasteiger partial charge in [0, 0.05) is 0 Å². The Hall–Kier alpha value is -1.39. The lowest BCUT2D eigenvalue weighted by molar-refractivity contribution is -0.186. The van der Waals surface area contributed by atoms with Crippen molar-refractivity contribution in [1.82, 2.24) is 5.32 Å². The van der Waals surface area contributed by atoms with Crippen LogP contribution in [0.5, 0.6) is 0 Å². The highest BCUT2D eigenvalue weighted by molar-refractivity contribution is 5.77. The fourth-order valence-electron chi connectivity index (χ4n) is 2.14. The van der Waals surface area contributed by atoms with Crippen molar-refractivity contribution in [1.29, 1.82) is 0 Å². The minimum Gasteiger partial charge on any atom is -0.481 e. The van der Waals surface area contributed by atoms with Crippen molar-refractivity contribution in [3.63, 3.8) is 0 Å². The molecule has 1 aliphatic heterocycles. The quantitative estimate of drug-likeness (QED) is 0.797. The molecular weight excluding hydrogens is 206 g/mol. The van der Waals surface area contributed by atoms with E-state index in [-0.39, 0.29) is 19.3 Å². The maximum Gasteiger partial charge on any atom is 0.316 e. The van der Waals surface area contributed by atoms with Crippen molar-refractivity contribution in [2.75, 3.05) is 20.3 Å². The molecule has 1 aliphatic rings. The highest BCUT2D eigenvalue weighted by Crippen LogP contribution is 2.40. The number of carboxylic acids is 1. The van der Waals surface area contributed by atoms with Gasteiger partial charge < -0.3 is 15.2 Å². The van der Waals surface area contributed by atoms with Crippen LogP contribution in [0.3, 0.4) is 0 Å². The van der Waals surface area contributed by atoms with E-state index in [0.717, 1.165) is 5.56 Å². The van der Waals surface area contributed by atoms with Gasteiger partial charge in [-0.1, -0.05) is 30.3 Å². The molecule has 0 saturated carbocycles. The van der Waals surface area contributed by atoms with Gasteiger partial charge >= 0.3 is 5.97 Å². The Labute approximate surface area is 94.2 Å². The maximum absolute atomic E-state index is 11.4. The van der Waals surface area contributed by atoms with Gasteiger partial charge in [0.25, 0.3) is 0 Å². The van der Waals surface area contributed by atoms with Gasteiger partial charge in [0.1, 0.15) is 5.41 Å². The first-order valence-corrected chi connectivity index (χ1v) is 5.24. The second-order valence-electron chi connectivity index (χ2n) is 4.09. The van der Waals surface area contributed by atoms with Crippen LogP contribution in [-0.2, 0) is 9.53 Å². The maximum atomic E-state index is 11.4. The first-order chi connectivity index (χ1) is 7.70. The molecule has 16 heavy (non-hydrogen) atoms. The molecular formula is C12H15NO3. The van der Waals surface area contributed by atoms with Crippen LogP contribution in [0.15, 0.2) is 30.3 Å². The molecule has 0 spiro atoms. The molecule has 0 radical (unpaired) electrons. The zero-order valence-electron chi connectivity index (χ0n) is 9.14. The van der Waals surface area contributed by atoms with E-state index in [1.54, 1.807) is 7.05 Å². The van der Waals surface area contributed by atoms with Crippen LogP contribution in [0.25, 0.3) is 0 Å². The van der Waals surface area contributed by atoms with Crippen LogP contribution in [0.4, 0.5) is 0 Å². The Morgan fingerprint density at radius 1 is 1.44 bits per heavy atom. The van der Waals surface area contributed by atoms with Crippen molar-refractivity contribution >= 4 is 5.97 Å². The lowest BCUT2D eigenvalue weighted by Crippen LogP contribution is -2.56. The van der Waals surface area contributed by atoms with Gasteiger partial charge in [0.05, 0.1) is 19.3 Å². The molecule has 0 aromatic heterocycles. The van der Waals surface area contributed by atoms with E-state index >= 15 is 0 Å². The van der Waals surface area contributed by atoms with Gasteiger partial charge in [-0.05, 0) is 12.6 Å². The Morgan fingerprint density at radius 2 is 2.06 bits per heavy atom. The van der Waals surface area contributed by atoms with Gasteiger partial charge in [-0.25, -0.2) is 0 Å². The zero-order chi connectivity index (χ0) is 11.6. The average Bonchev–Trinajstić information content (AvgIpc) is 2.23. The van der Waals surface area contributed by atoms with Gasteiger partial charge in [-0.3, -0.25) is 4.79 Å². The first-order valence-electron chi connectivity index (χ1n) is 5.24. The van der Waals surface area contributed by atoms with E-state index in [4.69, 9.17) is 4.74 Å². The fraction of sp³-hybridized carbons (Fsp3) is 0.417. The topological polar surface area (TPSA) is 58.6 Å². The van der Waals surface area contributed by atoms with Gasteiger partial charge in [-0.2, -0.15) is 0 Å². The number of benzene rings is 1. The summed E-state index contributed by atoms with van der Waals surface area (Å²) in [6.45, 7) is 0.533. The van der Waals surface area contributed by atoms with E-state index in [0.29, 0.717) is 0 Å². The fourth-order valence-corrected chi connectivity index (χ4v) is 2.14. The standard InChI is InChI=1S/C12H15NO3/c1-13-10(9-5-3-2-4-6-9)12(11(14)15)7-16-8-12/h2-6,10,13H,7-8H2,1H3,(H,14,15). The lowest BCUT2D eigenvalue weighted by Gasteiger charge is -2.43. The lowest BCUT2D eigenvalue weighted by atomic mass is 9.75. The number of aliphatic carboxylic acids is 1. The predicted molar refractivity (Wildman–Crippen MR) is 59.1 cm³/mol. The normalized spacial score (nSPS) is 19.8. The molecule has 1 aromatic carbocycles. The Kier molecular flexibility index (Phi) is 2.94. The smallest absolute Gasteiger partial charge is 0.316 e. The van der Waals surface area contributed by atoms with Crippen molar-refractivity contribution in [2.24, 2.45) is 5.41 Å². The SMILES string of the molecule is CNC(c1ccccc1)C1(C(=O)O)COC1. The molecule has 1 heterocycles. The molecule has 1 fully saturated rings. The monoisotopic (exact) mass is 221 g/mol. The van der Waals surface area contributed by atoms with E-state index < -0.39 is 11.4 Å². The summed E-state index contributed by atoms with van der Waals surface area (Å²) >= 11 is 0. The van der Waals surface area contributed by atoms with Gasteiger partial charge in [0.2, 0.25) is 0 Å². The summed E-state index contributed by atoms with van der Waals surface area (Å²) in [7, 11) is 1.78. The van der Waals surface area contributed by atoms with Crippen LogP contribution in [-0.4, -0.2) is 31.3 Å². The predicted octanol–water partition coefficient (Wildman–Crippen LogP) is 1.05. The number of hydrogen-bond donors (Lipinski definition) is 2. The molecule has 1 aromatic rings. The third-order valence-electron chi connectivity index (χ3n) is 3.12. The molecule has 0 aliphatic carbocycles. The molecule has 4 nitrogen and oxygen atoms in total. The summed E-state index contributed by atoms with van der Waals surface area (Å²) in [4.78, 5) is 11.4. The van der Waals surface area contributed by atoms with Crippen molar-refractivity contribution in [3.05, 3.63) is 35.9 Å². The number of rotatable bonds is 4. The van der Waals surface area contributed by atoms with Crippen molar-refractivity contribution in [2.45, 2.75) is 6.04 Å². The van der Waals surface area contributed by atoms with E-state index in [1.807, 2.05) is 30.3 Å². The summed E-state index contributed by atoms with van der Waals surface area (Å²) in [5.41, 5.74) is 0.159. The van der Waals surface area contributed by atoms with E-state index in [9.17, 15) is 9.90 Å². The van der Waals surface area contributed by atoms with Crippen molar-refractivity contribution in [3.8, 4) is 0 Å². The summed E-state index contributed by atoms with van der Waals surface area (Å²) < 4.78 is 5.08.